The van der Waals surface area contributed by atoms with E-state index in [-0.39, 0.29) is 24.6 Å². The van der Waals surface area contributed by atoms with Gasteiger partial charge in [-0.05, 0) is 41.9 Å². The molecular formula is C15H23BrClNO3. The third-order valence-electron chi connectivity index (χ3n) is 3.52. The number of ether oxygens (including phenoxy) is 2. The van der Waals surface area contributed by atoms with Crippen molar-refractivity contribution in [3.8, 4) is 5.75 Å². The summed E-state index contributed by atoms with van der Waals surface area (Å²) in [5, 5.41) is 10.2. The summed E-state index contributed by atoms with van der Waals surface area (Å²) in [5.41, 5.74) is -0.0352. The molecule has 2 rings (SSSR count). The molecule has 1 aliphatic heterocycles. The number of hydrogen-bond donors (Lipinski definition) is 1. The minimum absolute atomic E-state index is 0. The molecule has 1 N–H and O–H groups in total. The molecular weight excluding hydrogens is 358 g/mol. The Hall–Kier alpha value is -0.330. The van der Waals surface area contributed by atoms with Crippen molar-refractivity contribution < 1.29 is 14.6 Å². The van der Waals surface area contributed by atoms with Gasteiger partial charge in [-0.25, -0.2) is 0 Å². The number of para-hydroxylation sites is 1. The second kappa shape index (κ2) is 8.34. The van der Waals surface area contributed by atoms with Crippen molar-refractivity contribution in [2.75, 3.05) is 32.9 Å². The quantitative estimate of drug-likeness (QED) is 0.853. The Morgan fingerprint density at radius 2 is 2.14 bits per heavy atom. The van der Waals surface area contributed by atoms with Crippen LogP contribution in [0.5, 0.6) is 5.75 Å². The van der Waals surface area contributed by atoms with Crippen molar-refractivity contribution in [3.63, 3.8) is 0 Å². The van der Waals surface area contributed by atoms with Gasteiger partial charge in [-0.3, -0.25) is 4.90 Å². The Labute approximate surface area is 141 Å². The molecule has 4 nitrogen and oxygen atoms in total. The van der Waals surface area contributed by atoms with Gasteiger partial charge in [-0.2, -0.15) is 0 Å². The van der Waals surface area contributed by atoms with Crippen molar-refractivity contribution in [1.29, 1.82) is 0 Å². The van der Waals surface area contributed by atoms with Gasteiger partial charge < -0.3 is 14.6 Å². The van der Waals surface area contributed by atoms with E-state index in [1.54, 1.807) is 0 Å². The first kappa shape index (κ1) is 18.7. The van der Waals surface area contributed by atoms with Crippen LogP contribution in [-0.2, 0) is 4.74 Å². The lowest BCUT2D eigenvalue weighted by atomic mass is 10.0. The fourth-order valence-corrected chi connectivity index (χ4v) is 2.68. The highest BCUT2D eigenvalue weighted by atomic mass is 79.9. The van der Waals surface area contributed by atoms with Gasteiger partial charge in [0.25, 0.3) is 0 Å². The molecule has 1 fully saturated rings. The molecule has 0 aliphatic carbocycles. The van der Waals surface area contributed by atoms with Gasteiger partial charge in [0, 0.05) is 18.6 Å². The Morgan fingerprint density at radius 3 is 2.81 bits per heavy atom. The van der Waals surface area contributed by atoms with Crippen molar-refractivity contribution in [2.24, 2.45) is 0 Å². The number of β-amino-alcohol motifs (C(OH)–C–C–N with tert-alkyl or cyclic N) is 1. The Morgan fingerprint density at radius 1 is 1.43 bits per heavy atom. The lowest BCUT2D eigenvalue weighted by molar-refractivity contribution is -0.0703. The standard InChI is InChI=1S/C15H22BrNO3.ClH/c1-15(2)11-19-8-7-17(15)9-12(18)10-20-14-6-4-3-5-13(14)16;/h3-6,12,18H,7-11H2,1-2H3;1H. The molecule has 1 aromatic rings. The van der Waals surface area contributed by atoms with Crippen LogP contribution in [0.1, 0.15) is 13.8 Å². The van der Waals surface area contributed by atoms with Gasteiger partial charge in [0.15, 0.2) is 0 Å². The zero-order valence-electron chi connectivity index (χ0n) is 12.4. The molecule has 0 aromatic heterocycles. The first-order valence-electron chi connectivity index (χ1n) is 6.87. The highest BCUT2D eigenvalue weighted by Crippen LogP contribution is 2.24. The highest BCUT2D eigenvalue weighted by molar-refractivity contribution is 9.10. The van der Waals surface area contributed by atoms with Crippen molar-refractivity contribution >= 4 is 28.3 Å². The Bertz CT molecular complexity index is 445. The van der Waals surface area contributed by atoms with Crippen molar-refractivity contribution in [2.45, 2.75) is 25.5 Å². The number of morpholine rings is 1. The fraction of sp³-hybridized carbons (Fsp3) is 0.600. The SMILES string of the molecule is CC1(C)COCCN1CC(O)COc1ccccc1Br.Cl. The zero-order valence-corrected chi connectivity index (χ0v) is 14.8. The molecule has 0 bridgehead atoms. The molecule has 6 heteroatoms. The number of nitrogens with zero attached hydrogens (tertiary/aromatic N) is 1. The average molecular weight is 381 g/mol. The van der Waals surface area contributed by atoms with Gasteiger partial charge >= 0.3 is 0 Å². The molecule has 1 aliphatic rings. The summed E-state index contributed by atoms with van der Waals surface area (Å²) < 4.78 is 12.0. The van der Waals surface area contributed by atoms with E-state index in [0.717, 1.165) is 23.4 Å². The van der Waals surface area contributed by atoms with E-state index in [1.165, 1.54) is 0 Å². The van der Waals surface area contributed by atoms with E-state index in [4.69, 9.17) is 9.47 Å². The third-order valence-corrected chi connectivity index (χ3v) is 4.17. The van der Waals surface area contributed by atoms with E-state index in [9.17, 15) is 5.11 Å². The van der Waals surface area contributed by atoms with E-state index >= 15 is 0 Å². The second-order valence-corrected chi connectivity index (χ2v) is 6.56. The van der Waals surface area contributed by atoms with Crippen LogP contribution < -0.4 is 4.74 Å². The summed E-state index contributed by atoms with van der Waals surface area (Å²) in [7, 11) is 0. The first-order valence-corrected chi connectivity index (χ1v) is 7.66. The zero-order chi connectivity index (χ0) is 14.6. The minimum Gasteiger partial charge on any atom is -0.490 e. The summed E-state index contributed by atoms with van der Waals surface area (Å²) >= 11 is 3.43. The fourth-order valence-electron chi connectivity index (χ4n) is 2.28. The first-order chi connectivity index (χ1) is 9.49. The summed E-state index contributed by atoms with van der Waals surface area (Å²) in [5.74, 6) is 0.757. The molecule has 1 aromatic carbocycles. The van der Waals surface area contributed by atoms with Gasteiger partial charge in [0.1, 0.15) is 18.5 Å². The number of hydrogen-bond acceptors (Lipinski definition) is 4. The second-order valence-electron chi connectivity index (χ2n) is 5.71. The molecule has 0 amide bonds. The van der Waals surface area contributed by atoms with Crippen molar-refractivity contribution in [1.82, 2.24) is 4.90 Å². The molecule has 0 saturated carbocycles. The number of rotatable bonds is 5. The monoisotopic (exact) mass is 379 g/mol. The molecule has 120 valence electrons. The normalized spacial score (nSPS) is 19.6. The van der Waals surface area contributed by atoms with Crippen LogP contribution in [0.2, 0.25) is 0 Å². The smallest absolute Gasteiger partial charge is 0.133 e. The largest absolute Gasteiger partial charge is 0.490 e. The van der Waals surface area contributed by atoms with Gasteiger partial charge in [-0.1, -0.05) is 12.1 Å². The maximum absolute atomic E-state index is 10.2. The minimum atomic E-state index is -0.514. The molecule has 1 heterocycles. The van der Waals surface area contributed by atoms with Gasteiger partial charge in [-0.15, -0.1) is 12.4 Å². The van der Waals surface area contributed by atoms with E-state index in [2.05, 4.69) is 34.7 Å². The number of aliphatic hydroxyl groups excluding tert-OH is 1. The predicted molar refractivity (Wildman–Crippen MR) is 89.4 cm³/mol. The van der Waals surface area contributed by atoms with E-state index in [0.29, 0.717) is 13.2 Å². The van der Waals surface area contributed by atoms with Crippen LogP contribution in [0.3, 0.4) is 0 Å². The Kier molecular flexibility index (Phi) is 7.44. The number of benzene rings is 1. The molecule has 0 radical (unpaired) electrons. The average Bonchev–Trinajstić information content (AvgIpc) is 2.40. The molecule has 0 spiro atoms. The number of halogens is 2. The van der Waals surface area contributed by atoms with Crippen LogP contribution in [0, 0.1) is 0 Å². The summed E-state index contributed by atoms with van der Waals surface area (Å²) in [6.45, 7) is 7.42. The summed E-state index contributed by atoms with van der Waals surface area (Å²) in [4.78, 5) is 2.25. The maximum atomic E-state index is 10.2. The van der Waals surface area contributed by atoms with Crippen LogP contribution >= 0.6 is 28.3 Å². The molecule has 1 unspecified atom stereocenters. The highest BCUT2D eigenvalue weighted by Gasteiger charge is 2.31. The summed E-state index contributed by atoms with van der Waals surface area (Å²) in [6.07, 6.45) is -0.514. The van der Waals surface area contributed by atoms with Crippen LogP contribution in [0.15, 0.2) is 28.7 Å². The van der Waals surface area contributed by atoms with Crippen molar-refractivity contribution in [3.05, 3.63) is 28.7 Å². The number of aliphatic hydroxyl groups is 1. The Balaban J connectivity index is 0.00000220. The topological polar surface area (TPSA) is 41.9 Å². The van der Waals surface area contributed by atoms with Gasteiger partial charge in [0.05, 0.1) is 17.7 Å². The van der Waals surface area contributed by atoms with Crippen LogP contribution in [0.4, 0.5) is 0 Å². The molecule has 21 heavy (non-hydrogen) atoms. The van der Waals surface area contributed by atoms with Crippen LogP contribution in [-0.4, -0.2) is 54.6 Å². The van der Waals surface area contributed by atoms with Crippen LogP contribution in [0.25, 0.3) is 0 Å². The molecule has 1 atom stereocenters. The van der Waals surface area contributed by atoms with Gasteiger partial charge in [0.2, 0.25) is 0 Å². The lowest BCUT2D eigenvalue weighted by Crippen LogP contribution is -2.55. The maximum Gasteiger partial charge on any atom is 0.133 e. The van der Waals surface area contributed by atoms with E-state index in [1.807, 2.05) is 24.3 Å². The molecule has 1 saturated heterocycles. The predicted octanol–water partition coefficient (Wildman–Crippen LogP) is 2.72. The lowest BCUT2D eigenvalue weighted by Gasteiger charge is -2.42. The van der Waals surface area contributed by atoms with E-state index < -0.39 is 6.10 Å². The summed E-state index contributed by atoms with van der Waals surface area (Å²) in [6, 6.07) is 7.66. The third kappa shape index (κ3) is 5.42.